The zero-order valence-corrected chi connectivity index (χ0v) is 19.5. The van der Waals surface area contributed by atoms with Crippen LogP contribution in [0.25, 0.3) is 22.3 Å². The predicted molar refractivity (Wildman–Crippen MR) is 130 cm³/mol. The van der Waals surface area contributed by atoms with E-state index < -0.39 is 11.7 Å². The maximum absolute atomic E-state index is 13.3. The van der Waals surface area contributed by atoms with Gasteiger partial charge >= 0.3 is 6.18 Å². The van der Waals surface area contributed by atoms with Gasteiger partial charge < -0.3 is 24.4 Å². The van der Waals surface area contributed by atoms with Gasteiger partial charge in [-0.2, -0.15) is 13.2 Å². The number of alkyl halides is 3. The van der Waals surface area contributed by atoms with Crippen LogP contribution in [0.5, 0.6) is 28.7 Å². The van der Waals surface area contributed by atoms with Crippen LogP contribution in [0.4, 0.5) is 13.2 Å². The average Bonchev–Trinajstić information content (AvgIpc) is 2.87. The Labute approximate surface area is 205 Å². The van der Waals surface area contributed by atoms with Crippen LogP contribution >= 0.6 is 0 Å². The summed E-state index contributed by atoms with van der Waals surface area (Å²) in [5.74, 6) is -0.117. The highest BCUT2D eigenvalue weighted by Gasteiger charge is 2.31. The highest BCUT2D eigenvalue weighted by atomic mass is 19.4. The summed E-state index contributed by atoms with van der Waals surface area (Å²) in [6, 6.07) is 20.2. The summed E-state index contributed by atoms with van der Waals surface area (Å²) in [5.41, 5.74) is 1.09. The molecule has 2 N–H and O–H groups in total. The molecule has 0 atom stereocenters. The Bertz CT molecular complexity index is 1370. The molecule has 0 unspecified atom stereocenters. The molecule has 0 aromatic heterocycles. The molecular weight excluding hydrogens is 473 g/mol. The standard InChI is InChI=1S/C28H23F3O5/c1-34-24-15-21(18-9-6-10-20(13-18)28(29,30)31)27(35-2)26(33)25(24)19-11-12-23(22(32)14-19)36-16-17-7-4-3-5-8-17/h3-15,32-33H,16H2,1-2H3. The first-order chi connectivity index (χ1) is 17.2. The van der Waals surface area contributed by atoms with Crippen molar-refractivity contribution in [2.45, 2.75) is 12.8 Å². The van der Waals surface area contributed by atoms with Crippen LogP contribution < -0.4 is 14.2 Å². The molecule has 4 aromatic rings. The molecule has 0 saturated heterocycles. The van der Waals surface area contributed by atoms with Gasteiger partial charge in [0, 0.05) is 5.56 Å². The van der Waals surface area contributed by atoms with E-state index in [-0.39, 0.29) is 52.0 Å². The van der Waals surface area contributed by atoms with Gasteiger partial charge in [-0.15, -0.1) is 0 Å². The fraction of sp³-hybridized carbons (Fsp3) is 0.143. The van der Waals surface area contributed by atoms with Crippen molar-refractivity contribution in [2.24, 2.45) is 0 Å². The Hall–Kier alpha value is -4.33. The molecule has 0 aliphatic heterocycles. The van der Waals surface area contributed by atoms with Gasteiger partial charge in [0.05, 0.1) is 25.3 Å². The first-order valence-corrected chi connectivity index (χ1v) is 10.9. The molecule has 0 aliphatic rings. The third kappa shape index (κ3) is 5.02. The molecule has 36 heavy (non-hydrogen) atoms. The van der Waals surface area contributed by atoms with Crippen molar-refractivity contribution >= 4 is 0 Å². The number of aromatic hydroxyl groups is 2. The average molecular weight is 496 g/mol. The summed E-state index contributed by atoms with van der Waals surface area (Å²) < 4.78 is 56.3. The molecule has 0 amide bonds. The van der Waals surface area contributed by atoms with Crippen molar-refractivity contribution in [2.75, 3.05) is 14.2 Å². The molecule has 4 rings (SSSR count). The normalized spacial score (nSPS) is 11.2. The summed E-state index contributed by atoms with van der Waals surface area (Å²) in [7, 11) is 2.68. The molecule has 0 radical (unpaired) electrons. The quantitative estimate of drug-likeness (QED) is 0.287. The zero-order chi connectivity index (χ0) is 25.9. The van der Waals surface area contributed by atoms with Crippen LogP contribution in [0.1, 0.15) is 11.1 Å². The van der Waals surface area contributed by atoms with E-state index in [0.29, 0.717) is 5.56 Å². The molecule has 5 nitrogen and oxygen atoms in total. The Morgan fingerprint density at radius 1 is 0.750 bits per heavy atom. The van der Waals surface area contributed by atoms with E-state index in [0.717, 1.165) is 17.7 Å². The minimum Gasteiger partial charge on any atom is -0.504 e. The van der Waals surface area contributed by atoms with Crippen LogP contribution in [0, 0.1) is 0 Å². The van der Waals surface area contributed by atoms with E-state index in [1.807, 2.05) is 30.3 Å². The van der Waals surface area contributed by atoms with E-state index >= 15 is 0 Å². The molecule has 0 bridgehead atoms. The van der Waals surface area contributed by atoms with Crippen LogP contribution in [0.15, 0.2) is 78.9 Å². The number of benzene rings is 4. The van der Waals surface area contributed by atoms with Gasteiger partial charge in [0.25, 0.3) is 0 Å². The summed E-state index contributed by atoms with van der Waals surface area (Å²) in [6.45, 7) is 0.252. The fourth-order valence-corrected chi connectivity index (χ4v) is 3.88. The van der Waals surface area contributed by atoms with E-state index in [1.165, 1.54) is 38.5 Å². The van der Waals surface area contributed by atoms with Crippen molar-refractivity contribution in [3.63, 3.8) is 0 Å². The van der Waals surface area contributed by atoms with Gasteiger partial charge in [0.15, 0.2) is 23.0 Å². The second kappa shape index (κ2) is 10.1. The molecular formula is C28H23F3O5. The Morgan fingerprint density at radius 2 is 1.50 bits per heavy atom. The van der Waals surface area contributed by atoms with E-state index in [4.69, 9.17) is 14.2 Å². The second-order valence-electron chi connectivity index (χ2n) is 7.92. The van der Waals surface area contributed by atoms with Gasteiger partial charge in [-0.1, -0.05) is 48.5 Å². The van der Waals surface area contributed by atoms with Crippen LogP contribution in [-0.2, 0) is 12.8 Å². The van der Waals surface area contributed by atoms with E-state index in [2.05, 4.69) is 0 Å². The number of hydrogen-bond donors (Lipinski definition) is 2. The summed E-state index contributed by atoms with van der Waals surface area (Å²) in [6.07, 6.45) is -4.53. The number of phenols is 2. The number of hydrogen-bond acceptors (Lipinski definition) is 5. The van der Waals surface area contributed by atoms with Crippen LogP contribution in [0.2, 0.25) is 0 Å². The predicted octanol–water partition coefficient (Wildman–Crippen LogP) is 7.05. The highest BCUT2D eigenvalue weighted by molar-refractivity contribution is 5.88. The van der Waals surface area contributed by atoms with E-state index in [9.17, 15) is 23.4 Å². The minimum atomic E-state index is -4.53. The number of ether oxygens (including phenoxy) is 3. The highest BCUT2D eigenvalue weighted by Crippen LogP contribution is 2.50. The van der Waals surface area contributed by atoms with Gasteiger partial charge in [0.1, 0.15) is 12.4 Å². The lowest BCUT2D eigenvalue weighted by Crippen LogP contribution is -2.04. The first-order valence-electron chi connectivity index (χ1n) is 10.9. The second-order valence-corrected chi connectivity index (χ2v) is 7.92. The molecule has 8 heteroatoms. The lowest BCUT2D eigenvalue weighted by atomic mass is 9.95. The number of phenolic OH excluding ortho intramolecular Hbond substituents is 2. The van der Waals surface area contributed by atoms with Crippen molar-refractivity contribution in [1.82, 2.24) is 0 Å². The smallest absolute Gasteiger partial charge is 0.416 e. The Morgan fingerprint density at radius 3 is 2.14 bits per heavy atom. The number of halogens is 3. The fourth-order valence-electron chi connectivity index (χ4n) is 3.88. The molecule has 186 valence electrons. The molecule has 0 saturated carbocycles. The zero-order valence-electron chi connectivity index (χ0n) is 19.5. The maximum atomic E-state index is 13.3. The molecule has 0 heterocycles. The molecule has 0 fully saturated rings. The number of methoxy groups -OCH3 is 2. The van der Waals surface area contributed by atoms with Gasteiger partial charge in [-0.05, 0) is 47.0 Å². The molecule has 0 aliphatic carbocycles. The SMILES string of the molecule is COc1cc(-c2cccc(C(F)(F)F)c2)c(OC)c(O)c1-c1ccc(OCc2ccccc2)c(O)c1. The molecule has 0 spiro atoms. The van der Waals surface area contributed by atoms with Crippen molar-refractivity contribution in [1.29, 1.82) is 0 Å². The number of rotatable bonds is 7. The Balaban J connectivity index is 1.74. The van der Waals surface area contributed by atoms with Gasteiger partial charge in [0.2, 0.25) is 0 Å². The third-order valence-corrected chi connectivity index (χ3v) is 5.63. The lowest BCUT2D eigenvalue weighted by molar-refractivity contribution is -0.137. The molecule has 4 aromatic carbocycles. The monoisotopic (exact) mass is 496 g/mol. The Kier molecular flexibility index (Phi) is 6.96. The first kappa shape index (κ1) is 24.8. The minimum absolute atomic E-state index is 0.0333. The summed E-state index contributed by atoms with van der Waals surface area (Å²) in [4.78, 5) is 0. The third-order valence-electron chi connectivity index (χ3n) is 5.63. The van der Waals surface area contributed by atoms with E-state index in [1.54, 1.807) is 12.1 Å². The van der Waals surface area contributed by atoms with Gasteiger partial charge in [-0.25, -0.2) is 0 Å². The maximum Gasteiger partial charge on any atom is 0.416 e. The topological polar surface area (TPSA) is 68.2 Å². The van der Waals surface area contributed by atoms with Crippen molar-refractivity contribution in [3.05, 3.63) is 90.0 Å². The van der Waals surface area contributed by atoms with Crippen molar-refractivity contribution in [3.8, 4) is 51.0 Å². The summed E-state index contributed by atoms with van der Waals surface area (Å²) in [5, 5.41) is 21.7. The van der Waals surface area contributed by atoms with Crippen LogP contribution in [-0.4, -0.2) is 24.4 Å². The van der Waals surface area contributed by atoms with Gasteiger partial charge in [-0.3, -0.25) is 0 Å². The van der Waals surface area contributed by atoms with Crippen molar-refractivity contribution < 1.29 is 37.6 Å². The largest absolute Gasteiger partial charge is 0.504 e. The summed E-state index contributed by atoms with van der Waals surface area (Å²) >= 11 is 0. The van der Waals surface area contributed by atoms with Crippen LogP contribution in [0.3, 0.4) is 0 Å². The lowest BCUT2D eigenvalue weighted by Gasteiger charge is -2.19.